The summed E-state index contributed by atoms with van der Waals surface area (Å²) in [6, 6.07) is 10.4. The van der Waals surface area contributed by atoms with Gasteiger partial charge in [0, 0.05) is 6.07 Å². The number of halogens is 5. The van der Waals surface area contributed by atoms with Gasteiger partial charge in [-0.1, -0.05) is 38.1 Å². The summed E-state index contributed by atoms with van der Waals surface area (Å²) in [4.78, 5) is 12.8. The molecule has 0 saturated carbocycles. The minimum Gasteiger partial charge on any atom is -0.489 e. The van der Waals surface area contributed by atoms with Crippen molar-refractivity contribution in [3.8, 4) is 11.5 Å². The van der Waals surface area contributed by atoms with Crippen molar-refractivity contribution in [1.29, 1.82) is 0 Å². The first-order chi connectivity index (χ1) is 16.1. The van der Waals surface area contributed by atoms with E-state index >= 15 is 0 Å². The minimum atomic E-state index is -2.24. The van der Waals surface area contributed by atoms with Gasteiger partial charge in [-0.15, -0.1) is 0 Å². The van der Waals surface area contributed by atoms with Crippen molar-refractivity contribution in [2.45, 2.75) is 33.3 Å². The Morgan fingerprint density at radius 3 is 2.09 bits per heavy atom. The molecule has 0 atom stereocenters. The Morgan fingerprint density at radius 2 is 1.50 bits per heavy atom. The van der Waals surface area contributed by atoms with Crippen LogP contribution in [0.2, 0.25) is 0 Å². The van der Waals surface area contributed by atoms with Crippen LogP contribution in [0.4, 0.5) is 22.0 Å². The zero-order valence-electron chi connectivity index (χ0n) is 18.4. The standard InChI is InChI=1S/C26H19F5O3/c1-12(2)15-6-4-14(5-7-15)9-19-26(32)20-13(3)8-16(10-18(20)34-19)33-11-17-21(27)23(29)25(31)24(30)22(17)28/h4-10,12H,11H2,1-3H3/b19-9-. The Bertz CT molecular complexity index is 1300. The van der Waals surface area contributed by atoms with Gasteiger partial charge in [-0.05, 0) is 41.7 Å². The smallest absolute Gasteiger partial charge is 0.232 e. The first-order valence-electron chi connectivity index (χ1n) is 10.4. The number of Topliss-reactive ketones (excluding diaryl/α,β-unsaturated/α-hetero) is 1. The van der Waals surface area contributed by atoms with E-state index in [0.717, 1.165) is 11.1 Å². The lowest BCUT2D eigenvalue weighted by Crippen LogP contribution is -2.10. The lowest BCUT2D eigenvalue weighted by molar-refractivity contribution is 0.101. The van der Waals surface area contributed by atoms with E-state index in [1.54, 1.807) is 13.0 Å². The number of ketones is 1. The molecule has 0 aromatic heterocycles. The highest BCUT2D eigenvalue weighted by Crippen LogP contribution is 2.38. The summed E-state index contributed by atoms with van der Waals surface area (Å²) in [7, 11) is 0. The second-order valence-corrected chi connectivity index (χ2v) is 8.21. The maximum absolute atomic E-state index is 13.9. The van der Waals surface area contributed by atoms with E-state index in [1.807, 2.05) is 24.3 Å². The van der Waals surface area contributed by atoms with Crippen LogP contribution in [0.5, 0.6) is 11.5 Å². The van der Waals surface area contributed by atoms with E-state index in [9.17, 15) is 26.7 Å². The summed E-state index contributed by atoms with van der Waals surface area (Å²) >= 11 is 0. The number of allylic oxidation sites excluding steroid dienone is 1. The van der Waals surface area contributed by atoms with Crippen LogP contribution in [0.3, 0.4) is 0 Å². The molecular formula is C26H19F5O3. The van der Waals surface area contributed by atoms with E-state index in [2.05, 4.69) is 13.8 Å². The van der Waals surface area contributed by atoms with Gasteiger partial charge in [0.2, 0.25) is 11.6 Å². The number of carbonyl (C=O) groups is 1. The molecular weight excluding hydrogens is 455 g/mol. The number of hydrogen-bond acceptors (Lipinski definition) is 3. The summed E-state index contributed by atoms with van der Waals surface area (Å²) in [5.74, 6) is -9.94. The number of aryl methyl sites for hydroxylation is 1. The second kappa shape index (κ2) is 8.93. The average molecular weight is 474 g/mol. The van der Waals surface area contributed by atoms with Crippen molar-refractivity contribution >= 4 is 11.9 Å². The van der Waals surface area contributed by atoms with E-state index in [0.29, 0.717) is 17.0 Å². The highest BCUT2D eigenvalue weighted by atomic mass is 19.2. The van der Waals surface area contributed by atoms with Gasteiger partial charge in [-0.2, -0.15) is 0 Å². The third-order valence-electron chi connectivity index (χ3n) is 5.53. The first-order valence-corrected chi connectivity index (χ1v) is 10.4. The van der Waals surface area contributed by atoms with Crippen LogP contribution in [0, 0.1) is 36.0 Å². The Morgan fingerprint density at radius 1 is 0.912 bits per heavy atom. The molecule has 0 aliphatic carbocycles. The summed E-state index contributed by atoms with van der Waals surface area (Å²) < 4.78 is 78.9. The molecule has 1 aliphatic heterocycles. The first kappa shape index (κ1) is 23.5. The van der Waals surface area contributed by atoms with E-state index in [1.165, 1.54) is 12.1 Å². The van der Waals surface area contributed by atoms with Gasteiger partial charge in [-0.25, -0.2) is 22.0 Å². The third kappa shape index (κ3) is 4.16. The molecule has 1 heterocycles. The number of fused-ring (bicyclic) bond motifs is 1. The summed E-state index contributed by atoms with van der Waals surface area (Å²) in [5, 5.41) is 0. The van der Waals surface area contributed by atoms with Crippen molar-refractivity contribution in [2.24, 2.45) is 0 Å². The van der Waals surface area contributed by atoms with Gasteiger partial charge in [0.1, 0.15) is 18.1 Å². The predicted octanol–water partition coefficient (Wildman–Crippen LogP) is 7.01. The molecule has 3 aromatic rings. The minimum absolute atomic E-state index is 0.0375. The quantitative estimate of drug-likeness (QED) is 0.173. The van der Waals surface area contributed by atoms with Gasteiger partial charge in [0.05, 0.1) is 11.1 Å². The summed E-state index contributed by atoms with van der Waals surface area (Å²) in [5.41, 5.74) is 1.58. The molecule has 4 rings (SSSR count). The van der Waals surface area contributed by atoms with Crippen LogP contribution in [-0.4, -0.2) is 5.78 Å². The number of benzene rings is 3. The Balaban J connectivity index is 1.58. The van der Waals surface area contributed by atoms with Crippen molar-refractivity contribution in [3.05, 3.63) is 99.1 Å². The normalized spacial score (nSPS) is 14.0. The molecule has 0 bridgehead atoms. The molecule has 1 aliphatic rings. The molecule has 176 valence electrons. The number of hydrogen-bond donors (Lipinski definition) is 0. The molecule has 0 saturated heterocycles. The van der Waals surface area contributed by atoms with Gasteiger partial charge >= 0.3 is 0 Å². The number of carbonyl (C=O) groups excluding carboxylic acids is 1. The monoisotopic (exact) mass is 474 g/mol. The van der Waals surface area contributed by atoms with Crippen molar-refractivity contribution in [2.75, 3.05) is 0 Å². The Hall–Kier alpha value is -3.68. The van der Waals surface area contributed by atoms with Crippen LogP contribution in [0.15, 0.2) is 42.2 Å². The molecule has 34 heavy (non-hydrogen) atoms. The topological polar surface area (TPSA) is 35.5 Å². The maximum Gasteiger partial charge on any atom is 0.232 e. The third-order valence-corrected chi connectivity index (χ3v) is 5.53. The van der Waals surface area contributed by atoms with Crippen LogP contribution < -0.4 is 9.47 Å². The number of rotatable bonds is 5. The van der Waals surface area contributed by atoms with E-state index < -0.39 is 41.3 Å². The van der Waals surface area contributed by atoms with Crippen molar-refractivity contribution < 1.29 is 36.2 Å². The van der Waals surface area contributed by atoms with Crippen LogP contribution >= 0.6 is 0 Å². The highest BCUT2D eigenvalue weighted by Gasteiger charge is 2.30. The van der Waals surface area contributed by atoms with Gasteiger partial charge in [0.15, 0.2) is 29.0 Å². The van der Waals surface area contributed by atoms with E-state index in [-0.39, 0.29) is 23.0 Å². The molecule has 0 N–H and O–H groups in total. The van der Waals surface area contributed by atoms with Gasteiger partial charge in [-0.3, -0.25) is 4.79 Å². The predicted molar refractivity (Wildman–Crippen MR) is 115 cm³/mol. The fraction of sp³-hybridized carbons (Fsp3) is 0.192. The molecule has 3 nitrogen and oxygen atoms in total. The Kier molecular flexibility index (Phi) is 6.17. The molecule has 0 amide bonds. The number of ether oxygens (including phenoxy) is 2. The SMILES string of the molecule is Cc1cc(OCc2c(F)c(F)c(F)c(F)c2F)cc2c1C(=O)/C(=C/c1ccc(C(C)C)cc1)O2. The zero-order chi connectivity index (χ0) is 24.7. The highest BCUT2D eigenvalue weighted by molar-refractivity contribution is 6.15. The van der Waals surface area contributed by atoms with Crippen LogP contribution in [0.25, 0.3) is 6.08 Å². The second-order valence-electron chi connectivity index (χ2n) is 8.21. The lowest BCUT2D eigenvalue weighted by Gasteiger charge is -2.11. The fourth-order valence-electron chi connectivity index (χ4n) is 3.62. The largest absolute Gasteiger partial charge is 0.489 e. The lowest BCUT2D eigenvalue weighted by atomic mass is 10.0. The maximum atomic E-state index is 13.9. The van der Waals surface area contributed by atoms with Crippen LogP contribution in [-0.2, 0) is 6.61 Å². The molecule has 0 fully saturated rings. The molecule has 8 heteroatoms. The molecule has 3 aromatic carbocycles. The van der Waals surface area contributed by atoms with Gasteiger partial charge in [0.25, 0.3) is 0 Å². The Labute approximate surface area is 192 Å². The molecule has 0 radical (unpaired) electrons. The molecule has 0 unspecified atom stereocenters. The molecule has 0 spiro atoms. The van der Waals surface area contributed by atoms with E-state index in [4.69, 9.17) is 9.47 Å². The summed E-state index contributed by atoms with van der Waals surface area (Å²) in [6.07, 6.45) is 1.60. The van der Waals surface area contributed by atoms with Gasteiger partial charge < -0.3 is 9.47 Å². The summed E-state index contributed by atoms with van der Waals surface area (Å²) in [6.45, 7) is 4.85. The van der Waals surface area contributed by atoms with Crippen LogP contribution in [0.1, 0.15) is 52.4 Å². The fourth-order valence-corrected chi connectivity index (χ4v) is 3.62. The van der Waals surface area contributed by atoms with Crippen molar-refractivity contribution in [1.82, 2.24) is 0 Å². The average Bonchev–Trinajstić information content (AvgIpc) is 3.12. The zero-order valence-corrected chi connectivity index (χ0v) is 18.4. The van der Waals surface area contributed by atoms with Crippen molar-refractivity contribution in [3.63, 3.8) is 0 Å².